The Bertz CT molecular complexity index is 648. The molecule has 1 aromatic rings. The molecule has 21 heavy (non-hydrogen) atoms. The van der Waals surface area contributed by atoms with Gasteiger partial charge in [0.15, 0.2) is 0 Å². The van der Waals surface area contributed by atoms with Crippen LogP contribution in [-0.4, -0.2) is 45.4 Å². The van der Waals surface area contributed by atoms with E-state index in [0.717, 1.165) is 25.3 Å². The number of carbonyl (C=O) groups excluding carboxylic acids is 1. The Morgan fingerprint density at radius 3 is 2.81 bits per heavy atom. The Balaban J connectivity index is 2.44. The first-order valence-corrected chi connectivity index (χ1v) is 7.92. The number of esters is 1. The monoisotopic (exact) mass is 316 g/mol. The zero-order valence-corrected chi connectivity index (χ0v) is 12.4. The zero-order valence-electron chi connectivity index (χ0n) is 11.6. The summed E-state index contributed by atoms with van der Waals surface area (Å²) in [6.07, 6.45) is 0.651. The van der Waals surface area contributed by atoms with E-state index in [2.05, 4.69) is 4.74 Å². The van der Waals surface area contributed by atoms with E-state index in [1.54, 1.807) is 0 Å². The van der Waals surface area contributed by atoms with Crippen molar-refractivity contribution >= 4 is 16.0 Å². The fraction of sp³-hybridized carbons (Fsp3) is 0.462. The molecule has 1 aliphatic rings. The number of ether oxygens (including phenoxy) is 1. The quantitative estimate of drug-likeness (QED) is 0.821. The number of nitrogens with zero attached hydrogens (tertiary/aromatic N) is 1. The van der Waals surface area contributed by atoms with Crippen LogP contribution in [0.2, 0.25) is 0 Å². The fourth-order valence-corrected chi connectivity index (χ4v) is 4.06. The summed E-state index contributed by atoms with van der Waals surface area (Å²) in [5, 5.41) is 0. The predicted molar refractivity (Wildman–Crippen MR) is 73.7 cm³/mol. The molecule has 1 atom stereocenters. The summed E-state index contributed by atoms with van der Waals surface area (Å²) >= 11 is 0. The maximum Gasteiger partial charge on any atom is 0.339 e. The number of benzene rings is 1. The van der Waals surface area contributed by atoms with E-state index < -0.39 is 21.8 Å². The van der Waals surface area contributed by atoms with Crippen molar-refractivity contribution in [2.45, 2.75) is 11.3 Å². The van der Waals surface area contributed by atoms with E-state index in [-0.39, 0.29) is 22.9 Å². The van der Waals surface area contributed by atoms with Gasteiger partial charge in [0, 0.05) is 13.1 Å². The molecule has 0 bridgehead atoms. The van der Waals surface area contributed by atoms with Crippen molar-refractivity contribution in [1.29, 1.82) is 0 Å². The van der Waals surface area contributed by atoms with Gasteiger partial charge in [0.05, 0.1) is 17.6 Å². The van der Waals surface area contributed by atoms with Crippen LogP contribution in [0.15, 0.2) is 23.1 Å². The second-order valence-corrected chi connectivity index (χ2v) is 6.79. The van der Waals surface area contributed by atoms with Crippen LogP contribution in [-0.2, 0) is 14.8 Å². The Morgan fingerprint density at radius 2 is 2.24 bits per heavy atom. The summed E-state index contributed by atoms with van der Waals surface area (Å²) in [4.78, 5) is 11.3. The number of hydrogen-bond donors (Lipinski definition) is 1. The Morgan fingerprint density at radius 1 is 1.52 bits per heavy atom. The van der Waals surface area contributed by atoms with Gasteiger partial charge in [0.2, 0.25) is 10.0 Å². The molecular weight excluding hydrogens is 299 g/mol. The van der Waals surface area contributed by atoms with E-state index >= 15 is 0 Å². The van der Waals surface area contributed by atoms with Gasteiger partial charge in [0.25, 0.3) is 0 Å². The third-order valence-corrected chi connectivity index (χ3v) is 5.45. The molecule has 2 N–H and O–H groups in total. The molecule has 2 rings (SSSR count). The molecule has 116 valence electrons. The van der Waals surface area contributed by atoms with Gasteiger partial charge in [-0.25, -0.2) is 17.6 Å². The highest BCUT2D eigenvalue weighted by molar-refractivity contribution is 7.89. The van der Waals surface area contributed by atoms with Crippen LogP contribution in [0.5, 0.6) is 0 Å². The van der Waals surface area contributed by atoms with E-state index in [0.29, 0.717) is 19.5 Å². The lowest BCUT2D eigenvalue weighted by atomic mass is 10.1. The lowest BCUT2D eigenvalue weighted by Crippen LogP contribution is -2.31. The van der Waals surface area contributed by atoms with Crippen LogP contribution in [0.4, 0.5) is 4.39 Å². The smallest absolute Gasteiger partial charge is 0.339 e. The van der Waals surface area contributed by atoms with Gasteiger partial charge in [-0.1, -0.05) is 0 Å². The summed E-state index contributed by atoms with van der Waals surface area (Å²) < 4.78 is 44.4. The van der Waals surface area contributed by atoms with Crippen molar-refractivity contribution in [2.75, 3.05) is 26.7 Å². The first-order chi connectivity index (χ1) is 9.90. The van der Waals surface area contributed by atoms with E-state index in [4.69, 9.17) is 5.73 Å². The minimum atomic E-state index is -3.95. The molecule has 1 unspecified atom stereocenters. The maximum absolute atomic E-state index is 13.4. The fourth-order valence-electron chi connectivity index (χ4n) is 2.34. The molecule has 0 aromatic heterocycles. The van der Waals surface area contributed by atoms with Crippen molar-refractivity contribution in [1.82, 2.24) is 4.31 Å². The number of methoxy groups -OCH3 is 1. The van der Waals surface area contributed by atoms with Crippen LogP contribution in [0, 0.1) is 11.7 Å². The molecule has 0 radical (unpaired) electrons. The number of carbonyl (C=O) groups is 1. The van der Waals surface area contributed by atoms with Gasteiger partial charge in [-0.15, -0.1) is 0 Å². The van der Waals surface area contributed by atoms with Crippen LogP contribution >= 0.6 is 0 Å². The largest absolute Gasteiger partial charge is 0.465 e. The van der Waals surface area contributed by atoms with Crippen molar-refractivity contribution in [3.8, 4) is 0 Å². The summed E-state index contributed by atoms with van der Waals surface area (Å²) in [5.41, 5.74) is 5.37. The molecule has 1 aromatic carbocycles. The molecule has 1 fully saturated rings. The number of nitrogens with two attached hydrogens (primary N) is 1. The molecule has 1 aliphatic heterocycles. The minimum absolute atomic E-state index is 0.0786. The van der Waals surface area contributed by atoms with Crippen LogP contribution in [0.1, 0.15) is 16.8 Å². The van der Waals surface area contributed by atoms with E-state index in [1.807, 2.05) is 0 Å². The molecule has 6 nitrogen and oxygen atoms in total. The third-order valence-electron chi connectivity index (χ3n) is 3.55. The lowest BCUT2D eigenvalue weighted by molar-refractivity contribution is 0.0596. The van der Waals surface area contributed by atoms with Crippen molar-refractivity contribution in [3.05, 3.63) is 29.6 Å². The van der Waals surface area contributed by atoms with Crippen LogP contribution in [0.25, 0.3) is 0 Å². The molecule has 0 aliphatic carbocycles. The van der Waals surface area contributed by atoms with Crippen LogP contribution in [0.3, 0.4) is 0 Å². The first-order valence-electron chi connectivity index (χ1n) is 6.48. The standard InChI is InChI=1S/C13H17FN2O4S/c1-20-13(17)11-3-2-10(14)6-12(11)21(18,19)16-5-4-9(7-15)8-16/h2-3,6,9H,4-5,7-8,15H2,1H3. The summed E-state index contributed by atoms with van der Waals surface area (Å²) in [7, 11) is -2.81. The maximum atomic E-state index is 13.4. The second-order valence-electron chi connectivity index (χ2n) is 4.89. The number of rotatable bonds is 4. The third kappa shape index (κ3) is 3.07. The van der Waals surface area contributed by atoms with Crippen molar-refractivity contribution < 1.29 is 22.3 Å². The average Bonchev–Trinajstić information content (AvgIpc) is 2.96. The molecule has 1 saturated heterocycles. The molecule has 1 heterocycles. The van der Waals surface area contributed by atoms with Gasteiger partial charge < -0.3 is 10.5 Å². The summed E-state index contributed by atoms with van der Waals surface area (Å²) in [6, 6.07) is 2.99. The van der Waals surface area contributed by atoms with Crippen LogP contribution < -0.4 is 5.73 Å². The predicted octanol–water partition coefficient (Wildman–Crippen LogP) is 0.582. The Hall–Kier alpha value is -1.51. The summed E-state index contributed by atoms with van der Waals surface area (Å²) in [5.74, 6) is -1.46. The SMILES string of the molecule is COC(=O)c1ccc(F)cc1S(=O)(=O)N1CCC(CN)C1. The van der Waals surface area contributed by atoms with Crippen molar-refractivity contribution in [2.24, 2.45) is 11.7 Å². The molecular formula is C13H17FN2O4S. The highest BCUT2D eigenvalue weighted by Crippen LogP contribution is 2.27. The number of sulfonamides is 1. The van der Waals surface area contributed by atoms with Crippen molar-refractivity contribution in [3.63, 3.8) is 0 Å². The second kappa shape index (κ2) is 6.08. The number of halogens is 1. The summed E-state index contributed by atoms with van der Waals surface area (Å²) in [6.45, 7) is 0.969. The zero-order chi connectivity index (χ0) is 15.6. The van der Waals surface area contributed by atoms with Gasteiger partial charge in [0.1, 0.15) is 5.82 Å². The first kappa shape index (κ1) is 15.9. The average molecular weight is 316 g/mol. The topological polar surface area (TPSA) is 89.7 Å². The Labute approximate surface area is 122 Å². The minimum Gasteiger partial charge on any atom is -0.465 e. The van der Waals surface area contributed by atoms with E-state index in [1.165, 1.54) is 4.31 Å². The normalized spacial score (nSPS) is 19.7. The molecule has 0 spiro atoms. The van der Waals surface area contributed by atoms with Gasteiger partial charge in [-0.2, -0.15) is 4.31 Å². The van der Waals surface area contributed by atoms with Gasteiger partial charge >= 0.3 is 5.97 Å². The van der Waals surface area contributed by atoms with Gasteiger partial charge in [-0.3, -0.25) is 0 Å². The lowest BCUT2D eigenvalue weighted by Gasteiger charge is -2.18. The van der Waals surface area contributed by atoms with Gasteiger partial charge in [-0.05, 0) is 37.1 Å². The highest BCUT2D eigenvalue weighted by Gasteiger charge is 2.34. The molecule has 8 heteroatoms. The highest BCUT2D eigenvalue weighted by atomic mass is 32.2. The molecule has 0 amide bonds. The number of hydrogen-bond acceptors (Lipinski definition) is 5. The Kier molecular flexibility index (Phi) is 4.60. The van der Waals surface area contributed by atoms with E-state index in [9.17, 15) is 17.6 Å². The molecule has 0 saturated carbocycles.